The number of carbonyl (C=O) groups is 8. The van der Waals surface area contributed by atoms with Crippen molar-refractivity contribution in [2.75, 3.05) is 191 Å². The van der Waals surface area contributed by atoms with Crippen molar-refractivity contribution in [1.82, 2.24) is 34.9 Å². The van der Waals surface area contributed by atoms with Crippen LogP contribution in [0.15, 0.2) is 124 Å². The lowest BCUT2D eigenvalue weighted by Gasteiger charge is -2.33. The summed E-state index contributed by atoms with van der Waals surface area (Å²) < 4.78 is 129. The minimum absolute atomic E-state index is 0.00408. The molecule has 5 aliphatic heterocycles. The standard InChI is InChI=1S/C54H70Cl4N4O12S2.C25H34Cl2N2O5S.C12H12N2O8/c1-61-35-48(46-31-41(55)33-52(57)50(46)37-61)39-6-11-44(12-7-39)75(65,66)30-4-19-70-23-27-73-26-22-69-18-3-5-43(63)10-15-54(64)59-16-20-71-24-28-74-29-25-72-21-17-60-76(67,68)45-13-8-40(9-14-45)49-36-62(2)38-51-47(49)32-42(56)34-53(51)58;1-29-17-23(22-15-20(26)16-25(27)24(22)18-29)19-3-5-21(6-4-19)35(30,31)14-2-8-32-10-12-34-13-11-33-9-7-28;15-7-1-2-8(16)13(7)21-11(19)5-6-12(20)22-14-9(17)3-4-10(14)18/h6-9,11-14,31-34,48-49,60H,3-5,10,15-30,35-38H2,1-2H3,(H,59,64);3-6,15-16,23H,2,7-14,17-18,28H2,1H3;1-6H2. The molecule has 133 heavy (non-hydrogen) atoms. The minimum Gasteiger partial charge on any atom is -0.379 e. The summed E-state index contributed by atoms with van der Waals surface area (Å²) in [6.45, 7) is 11.9. The first kappa shape index (κ1) is 109. The molecule has 11 rings (SSSR count). The number of Topliss-reactive ketones (excluding diaryl/α,β-unsaturated/α-hetero) is 1. The summed E-state index contributed by atoms with van der Waals surface area (Å²) in [4.78, 5) is 109. The Balaban J connectivity index is 0.000000283. The van der Waals surface area contributed by atoms with Crippen LogP contribution in [-0.4, -0.2) is 288 Å². The Labute approximate surface area is 806 Å². The molecular weight excluding hydrogens is 1910 g/mol. The molecule has 0 aliphatic carbocycles. The molecule has 5 aliphatic rings. The molecule has 2 fully saturated rings. The molecule has 33 nitrogen and oxygen atoms in total. The predicted molar refractivity (Wildman–Crippen MR) is 498 cm³/mol. The number of hydrogen-bond acceptors (Lipinski definition) is 29. The number of rotatable bonds is 53. The Kier molecular flexibility index (Phi) is 46.0. The third kappa shape index (κ3) is 35.9. The normalized spacial score (nSPS) is 16.5. The van der Waals surface area contributed by atoms with Crippen LogP contribution in [0.3, 0.4) is 0 Å². The van der Waals surface area contributed by atoms with Crippen LogP contribution in [0.4, 0.5) is 0 Å². The van der Waals surface area contributed by atoms with Gasteiger partial charge in [-0.25, -0.2) is 39.6 Å². The number of ketones is 1. The van der Waals surface area contributed by atoms with Gasteiger partial charge < -0.3 is 78.1 Å². The van der Waals surface area contributed by atoms with Crippen LogP contribution in [0, 0.1) is 0 Å². The van der Waals surface area contributed by atoms with Crippen LogP contribution >= 0.6 is 69.6 Å². The summed E-state index contributed by atoms with van der Waals surface area (Å²) >= 11 is 38.4. The van der Waals surface area contributed by atoms with Crippen molar-refractivity contribution in [1.29, 1.82) is 0 Å². The van der Waals surface area contributed by atoms with Gasteiger partial charge in [0.1, 0.15) is 5.78 Å². The number of carbonyl (C=O) groups excluding carboxylic acids is 8. The van der Waals surface area contributed by atoms with E-state index in [-0.39, 0.29) is 116 Å². The van der Waals surface area contributed by atoms with Crippen molar-refractivity contribution in [2.45, 2.75) is 129 Å². The number of nitrogens with zero attached hydrogens (tertiary/aromatic N) is 5. The van der Waals surface area contributed by atoms with Gasteiger partial charge in [0.05, 0.1) is 138 Å². The second-order valence-electron chi connectivity index (χ2n) is 31.9. The Morgan fingerprint density at radius 2 is 0.684 bits per heavy atom. The van der Waals surface area contributed by atoms with Gasteiger partial charge in [0.25, 0.3) is 23.6 Å². The Morgan fingerprint density at radius 1 is 0.376 bits per heavy atom. The number of halogens is 6. The summed E-state index contributed by atoms with van der Waals surface area (Å²) in [6.07, 6.45) is 0.796. The van der Waals surface area contributed by atoms with E-state index in [4.69, 9.17) is 118 Å². The average Bonchev–Trinajstić information content (AvgIpc) is 1.25. The number of hydroxylamine groups is 4. The van der Waals surface area contributed by atoms with Crippen LogP contribution in [0.1, 0.15) is 145 Å². The zero-order chi connectivity index (χ0) is 96.0. The van der Waals surface area contributed by atoms with Gasteiger partial charge >= 0.3 is 11.9 Å². The fraction of sp³-hybridized carbons (Fsp3) is 0.516. The second-order valence-corrected chi connectivity index (χ2v) is 40.5. The number of nitrogens with two attached hydrogens (primary N) is 1. The lowest BCUT2D eigenvalue weighted by atomic mass is 9.85. The average molecular weight is 2030 g/mol. The number of nitrogens with one attached hydrogen (secondary N) is 2. The van der Waals surface area contributed by atoms with Gasteiger partial charge in [0, 0.05) is 172 Å². The maximum Gasteiger partial charge on any atom is 0.333 e. The van der Waals surface area contributed by atoms with E-state index < -0.39 is 78.1 Å². The van der Waals surface area contributed by atoms with Crippen LogP contribution in [-0.2, 0) is 140 Å². The van der Waals surface area contributed by atoms with Crippen molar-refractivity contribution >= 4 is 147 Å². The number of ether oxygens (including phenoxy) is 9. The quantitative estimate of drug-likeness (QED) is 0.0236. The van der Waals surface area contributed by atoms with E-state index in [1.165, 1.54) is 0 Å². The summed E-state index contributed by atoms with van der Waals surface area (Å²) in [6, 6.07) is 32.2. The summed E-state index contributed by atoms with van der Waals surface area (Å²) in [5, 5.41) is 7.14. The molecule has 5 amide bonds. The molecule has 3 unspecified atom stereocenters. The number of amides is 5. The number of sulfone groups is 2. The van der Waals surface area contributed by atoms with Crippen LogP contribution < -0.4 is 15.8 Å². The van der Waals surface area contributed by atoms with E-state index in [9.17, 15) is 63.6 Å². The topological polar surface area (TPSA) is 407 Å². The summed E-state index contributed by atoms with van der Waals surface area (Å²) in [5.74, 6) is -4.62. The number of benzene rings is 6. The summed E-state index contributed by atoms with van der Waals surface area (Å²) in [5.41, 5.74) is 14.7. The zero-order valence-corrected chi connectivity index (χ0v) is 81.6. The smallest absolute Gasteiger partial charge is 0.333 e. The predicted octanol–water partition coefficient (Wildman–Crippen LogP) is 10.7. The van der Waals surface area contributed by atoms with E-state index in [0.717, 1.165) is 82.8 Å². The van der Waals surface area contributed by atoms with Crippen molar-refractivity contribution in [3.05, 3.63) is 189 Å². The van der Waals surface area contributed by atoms with Gasteiger partial charge in [0.15, 0.2) is 19.7 Å². The fourth-order valence-corrected chi connectivity index (χ4v) is 20.3. The molecule has 3 atom stereocenters. The van der Waals surface area contributed by atoms with Crippen LogP contribution in [0.5, 0.6) is 0 Å². The molecule has 6 aromatic rings. The summed E-state index contributed by atoms with van der Waals surface area (Å²) in [7, 11) is -4.51. The lowest BCUT2D eigenvalue weighted by Crippen LogP contribution is -2.33. The first-order chi connectivity index (χ1) is 63.7. The largest absolute Gasteiger partial charge is 0.379 e. The van der Waals surface area contributed by atoms with Gasteiger partial charge in [-0.2, -0.15) is 0 Å². The third-order valence-corrected chi connectivity index (χ3v) is 28.4. The first-order valence-corrected chi connectivity index (χ1v) is 50.8. The third-order valence-electron chi connectivity index (χ3n) is 21.7. The van der Waals surface area contributed by atoms with E-state index >= 15 is 0 Å². The Bertz CT molecular complexity index is 4970. The van der Waals surface area contributed by atoms with E-state index in [0.29, 0.717) is 190 Å². The maximum atomic E-state index is 13.0. The molecule has 0 bridgehead atoms. The molecule has 0 radical (unpaired) electrons. The number of likely N-dealkylation sites (N-methyl/N-ethyl adjacent to an activating group) is 3. The van der Waals surface area contributed by atoms with Crippen molar-refractivity contribution in [3.8, 4) is 0 Å². The number of sulfonamides is 1. The molecule has 6 aromatic carbocycles. The van der Waals surface area contributed by atoms with Crippen molar-refractivity contribution in [2.24, 2.45) is 5.73 Å². The fourth-order valence-electron chi connectivity index (χ4n) is 15.0. The highest BCUT2D eigenvalue weighted by Gasteiger charge is 2.37. The van der Waals surface area contributed by atoms with Gasteiger partial charge in [0.2, 0.25) is 15.9 Å². The zero-order valence-electron chi connectivity index (χ0n) is 74.6. The van der Waals surface area contributed by atoms with Gasteiger partial charge in [-0.1, -0.05) is 106 Å². The van der Waals surface area contributed by atoms with Crippen LogP contribution in [0.25, 0.3) is 0 Å². The molecule has 42 heteroatoms. The van der Waals surface area contributed by atoms with Crippen LogP contribution in [0.2, 0.25) is 30.1 Å². The maximum absolute atomic E-state index is 13.0. The number of hydrogen-bond donors (Lipinski definition) is 3. The van der Waals surface area contributed by atoms with E-state index in [1.807, 2.05) is 75.7 Å². The van der Waals surface area contributed by atoms with Gasteiger partial charge in [-0.05, 0) is 163 Å². The Morgan fingerprint density at radius 3 is 1.03 bits per heavy atom. The lowest BCUT2D eigenvalue weighted by molar-refractivity contribution is -0.201. The molecule has 730 valence electrons. The molecule has 4 N–H and O–H groups in total. The molecule has 0 spiro atoms. The second kappa shape index (κ2) is 55.9. The van der Waals surface area contributed by atoms with E-state index in [1.54, 1.807) is 54.6 Å². The monoisotopic (exact) mass is 2030 g/mol. The molecule has 0 aromatic heterocycles. The molecule has 5 heterocycles. The first-order valence-electron chi connectivity index (χ1n) is 43.8. The SMILES string of the molecule is CN1Cc2c(Cl)cc(Cl)cc2C(c2ccc(S(=O)(=O)CCCOCCOCCOCCCC(=O)CCC(=O)NCCOCCOCCOCCNS(=O)(=O)c3ccc(C4CN(C)Cc5c(Cl)cc(Cl)cc54)cc3)cc2)C1.CN1Cc2c(Cl)cc(Cl)cc2C(c2ccc(S(=O)(=O)CCCOCCOCCOCCN)cc2)C1.O=C(CCC(=O)ON1C(=O)CCC1=O)ON1C(=O)CCC1=O. The molecular formula is C91H116Cl6N8O25S3. The highest BCUT2D eigenvalue weighted by molar-refractivity contribution is 7.91. The number of imide groups is 2. The van der Waals surface area contributed by atoms with Gasteiger partial charge in [-0.15, -0.1) is 10.1 Å². The Hall–Kier alpha value is -7.29. The van der Waals surface area contributed by atoms with Crippen molar-refractivity contribution in [3.63, 3.8) is 0 Å². The molecule has 2 saturated heterocycles. The van der Waals surface area contributed by atoms with E-state index in [2.05, 4.69) is 34.4 Å². The van der Waals surface area contributed by atoms with Gasteiger partial charge in [-0.3, -0.25) is 28.8 Å². The minimum atomic E-state index is -3.73. The highest BCUT2D eigenvalue weighted by Crippen LogP contribution is 2.42. The number of fused-ring (bicyclic) bond motifs is 3. The highest BCUT2D eigenvalue weighted by atomic mass is 35.5. The molecule has 0 saturated carbocycles. The van der Waals surface area contributed by atoms with Crippen molar-refractivity contribution < 1.29 is 116 Å².